The summed E-state index contributed by atoms with van der Waals surface area (Å²) in [6, 6.07) is 0. The van der Waals surface area contributed by atoms with E-state index in [1.165, 1.54) is 0 Å². The van der Waals surface area contributed by atoms with Crippen molar-refractivity contribution in [1.82, 2.24) is 10.2 Å². The van der Waals surface area contributed by atoms with Crippen molar-refractivity contribution in [3.05, 3.63) is 12.7 Å². The van der Waals surface area contributed by atoms with E-state index in [9.17, 15) is 9.59 Å². The van der Waals surface area contributed by atoms with Crippen LogP contribution in [0.3, 0.4) is 0 Å². The average Bonchev–Trinajstić information content (AvgIpc) is 2.37. The quantitative estimate of drug-likeness (QED) is 0.489. The highest BCUT2D eigenvalue weighted by atomic mass is 16.5. The van der Waals surface area contributed by atoms with E-state index >= 15 is 0 Å². The van der Waals surface area contributed by atoms with E-state index in [0.717, 1.165) is 0 Å². The Morgan fingerprint density at radius 2 is 2.11 bits per heavy atom. The number of carbonyl (C=O) groups excluding carboxylic acids is 1. The zero-order chi connectivity index (χ0) is 13.4. The molecule has 2 N–H and O–H groups in total. The molecule has 0 aromatic rings. The number of piperidine rings is 1. The maximum absolute atomic E-state index is 11.7. The first-order chi connectivity index (χ1) is 8.63. The van der Waals surface area contributed by atoms with Gasteiger partial charge < -0.3 is 20.1 Å². The Kier molecular flexibility index (Phi) is 6.38. The van der Waals surface area contributed by atoms with E-state index in [1.54, 1.807) is 11.0 Å². The van der Waals surface area contributed by atoms with Gasteiger partial charge in [0.15, 0.2) is 0 Å². The molecule has 18 heavy (non-hydrogen) atoms. The van der Waals surface area contributed by atoms with Crippen molar-refractivity contribution in [2.45, 2.75) is 18.9 Å². The number of amides is 1. The van der Waals surface area contributed by atoms with Crippen LogP contribution >= 0.6 is 0 Å². The molecule has 1 saturated heterocycles. The highest BCUT2D eigenvalue weighted by molar-refractivity contribution is 5.78. The number of likely N-dealkylation sites (tertiary alicyclic amines) is 1. The van der Waals surface area contributed by atoms with Gasteiger partial charge in [0.25, 0.3) is 0 Å². The Balaban J connectivity index is 2.19. The smallest absolute Gasteiger partial charge is 0.329 e. The van der Waals surface area contributed by atoms with Crippen LogP contribution in [0.1, 0.15) is 12.8 Å². The van der Waals surface area contributed by atoms with Crippen LogP contribution in [0.5, 0.6) is 0 Å². The number of hydrogen-bond acceptors (Lipinski definition) is 4. The predicted octanol–water partition coefficient (Wildman–Crippen LogP) is -0.146. The van der Waals surface area contributed by atoms with Crippen LogP contribution in [0.25, 0.3) is 0 Å². The van der Waals surface area contributed by atoms with Crippen molar-refractivity contribution in [3.63, 3.8) is 0 Å². The van der Waals surface area contributed by atoms with Gasteiger partial charge in [-0.05, 0) is 12.8 Å². The van der Waals surface area contributed by atoms with Gasteiger partial charge in [-0.3, -0.25) is 4.79 Å². The Hall–Kier alpha value is -1.40. The van der Waals surface area contributed by atoms with Gasteiger partial charge in [0, 0.05) is 19.6 Å². The van der Waals surface area contributed by atoms with Crippen LogP contribution in [-0.4, -0.2) is 60.8 Å². The number of ether oxygens (including phenoxy) is 1. The molecule has 1 amide bonds. The van der Waals surface area contributed by atoms with Crippen molar-refractivity contribution in [1.29, 1.82) is 0 Å². The molecular weight excluding hydrogens is 236 g/mol. The van der Waals surface area contributed by atoms with Gasteiger partial charge in [0.05, 0.1) is 12.6 Å². The van der Waals surface area contributed by atoms with Gasteiger partial charge in [-0.1, -0.05) is 6.08 Å². The van der Waals surface area contributed by atoms with E-state index in [2.05, 4.69) is 11.9 Å². The minimum Gasteiger partial charge on any atom is -0.480 e. The topological polar surface area (TPSA) is 78.9 Å². The van der Waals surface area contributed by atoms with Gasteiger partial charge in [0.1, 0.15) is 6.61 Å². The minimum absolute atomic E-state index is 0.0497. The maximum Gasteiger partial charge on any atom is 0.329 e. The number of carboxylic acid groups (broad SMARTS) is 1. The monoisotopic (exact) mass is 256 g/mol. The van der Waals surface area contributed by atoms with Gasteiger partial charge >= 0.3 is 5.97 Å². The normalized spacial score (nSPS) is 16.6. The summed E-state index contributed by atoms with van der Waals surface area (Å²) in [5.74, 6) is -0.893. The first kappa shape index (κ1) is 14.7. The van der Waals surface area contributed by atoms with Crippen molar-refractivity contribution in [2.75, 3.05) is 32.8 Å². The molecule has 0 aromatic heterocycles. The lowest BCUT2D eigenvalue weighted by molar-refractivity contribution is -0.146. The Bertz CT molecular complexity index is 298. The summed E-state index contributed by atoms with van der Waals surface area (Å²) < 4.78 is 5.20. The zero-order valence-electron chi connectivity index (χ0n) is 10.4. The average molecular weight is 256 g/mol. The predicted molar refractivity (Wildman–Crippen MR) is 66.3 cm³/mol. The number of carboxylic acids is 1. The molecule has 0 bridgehead atoms. The van der Waals surface area contributed by atoms with Gasteiger partial charge in [0.2, 0.25) is 5.91 Å². The van der Waals surface area contributed by atoms with Crippen LogP contribution in [0, 0.1) is 0 Å². The fourth-order valence-corrected chi connectivity index (χ4v) is 1.85. The summed E-state index contributed by atoms with van der Waals surface area (Å²) in [6.45, 7) is 5.47. The number of rotatable bonds is 7. The number of carbonyl (C=O) groups is 2. The fourth-order valence-electron chi connectivity index (χ4n) is 1.85. The molecule has 1 aliphatic heterocycles. The summed E-state index contributed by atoms with van der Waals surface area (Å²) in [7, 11) is 0. The van der Waals surface area contributed by atoms with Crippen LogP contribution in [0.15, 0.2) is 12.7 Å². The van der Waals surface area contributed by atoms with Crippen molar-refractivity contribution < 1.29 is 19.4 Å². The van der Waals surface area contributed by atoms with E-state index in [1.807, 2.05) is 0 Å². The molecular formula is C12H20N2O4. The number of nitrogens with zero attached hydrogens (tertiary/aromatic N) is 1. The summed E-state index contributed by atoms with van der Waals surface area (Å²) >= 11 is 0. The third-order valence-electron chi connectivity index (χ3n) is 2.80. The molecule has 0 saturated carbocycles. The van der Waals surface area contributed by atoms with E-state index < -0.39 is 5.97 Å². The fraction of sp³-hybridized carbons (Fsp3) is 0.667. The van der Waals surface area contributed by atoms with Crippen molar-refractivity contribution in [3.8, 4) is 0 Å². The third kappa shape index (κ3) is 5.29. The molecule has 6 heteroatoms. The Morgan fingerprint density at radius 1 is 1.44 bits per heavy atom. The Labute approximate surface area is 107 Å². The number of hydrogen-bond donors (Lipinski definition) is 2. The van der Waals surface area contributed by atoms with Crippen LogP contribution in [-0.2, 0) is 14.3 Å². The molecule has 0 aliphatic carbocycles. The van der Waals surface area contributed by atoms with E-state index in [0.29, 0.717) is 39.0 Å². The van der Waals surface area contributed by atoms with Crippen LogP contribution < -0.4 is 5.32 Å². The second kappa shape index (κ2) is 7.84. The first-order valence-electron chi connectivity index (χ1n) is 6.06. The number of aliphatic carboxylic acids is 1. The molecule has 6 nitrogen and oxygen atoms in total. The minimum atomic E-state index is -0.956. The lowest BCUT2D eigenvalue weighted by atomic mass is 10.1. The van der Waals surface area contributed by atoms with Crippen molar-refractivity contribution >= 4 is 11.9 Å². The van der Waals surface area contributed by atoms with E-state index in [-0.39, 0.29) is 18.6 Å². The molecule has 1 fully saturated rings. The van der Waals surface area contributed by atoms with Crippen molar-refractivity contribution in [2.24, 2.45) is 0 Å². The molecule has 0 spiro atoms. The highest BCUT2D eigenvalue weighted by Gasteiger charge is 2.23. The largest absolute Gasteiger partial charge is 0.480 e. The lowest BCUT2D eigenvalue weighted by Crippen LogP contribution is -2.44. The lowest BCUT2D eigenvalue weighted by Gasteiger charge is -2.31. The molecule has 102 valence electrons. The van der Waals surface area contributed by atoms with Crippen LogP contribution in [0.4, 0.5) is 0 Å². The molecule has 1 heterocycles. The second-order valence-corrected chi connectivity index (χ2v) is 4.20. The Morgan fingerprint density at radius 3 is 2.67 bits per heavy atom. The number of nitrogens with one attached hydrogen (secondary N) is 1. The molecule has 1 rings (SSSR count). The zero-order valence-corrected chi connectivity index (χ0v) is 10.4. The molecule has 0 aromatic carbocycles. The third-order valence-corrected chi connectivity index (χ3v) is 2.80. The SMILES string of the molecule is C=CCNCC(=O)N1CCC(OCC(=O)O)CC1. The van der Waals surface area contributed by atoms with Gasteiger partial charge in [-0.15, -0.1) is 6.58 Å². The second-order valence-electron chi connectivity index (χ2n) is 4.20. The molecule has 1 aliphatic rings. The summed E-state index contributed by atoms with van der Waals surface area (Å²) in [5.41, 5.74) is 0. The summed E-state index contributed by atoms with van der Waals surface area (Å²) in [4.78, 5) is 23.9. The van der Waals surface area contributed by atoms with Crippen LogP contribution in [0.2, 0.25) is 0 Å². The van der Waals surface area contributed by atoms with Gasteiger partial charge in [-0.2, -0.15) is 0 Å². The first-order valence-corrected chi connectivity index (χ1v) is 6.06. The highest BCUT2D eigenvalue weighted by Crippen LogP contribution is 2.13. The van der Waals surface area contributed by atoms with E-state index in [4.69, 9.17) is 9.84 Å². The summed E-state index contributed by atoms with van der Waals surface area (Å²) in [5, 5.41) is 11.5. The molecule has 0 radical (unpaired) electrons. The van der Waals surface area contributed by atoms with Gasteiger partial charge in [-0.25, -0.2) is 4.79 Å². The summed E-state index contributed by atoms with van der Waals surface area (Å²) in [6.07, 6.45) is 3.05. The standard InChI is InChI=1S/C12H20N2O4/c1-2-5-13-8-11(15)14-6-3-10(4-7-14)18-9-12(16)17/h2,10,13H,1,3-9H2,(H,16,17). The maximum atomic E-state index is 11.7. The molecule has 0 unspecified atom stereocenters. The molecule has 0 atom stereocenters.